The van der Waals surface area contributed by atoms with Crippen LogP contribution in [0.15, 0.2) is 0 Å². The van der Waals surface area contributed by atoms with Crippen LogP contribution in [0.3, 0.4) is 0 Å². The lowest BCUT2D eigenvalue weighted by Crippen LogP contribution is -2.70. The number of rotatable bonds is 50. The molecule has 0 aromatic heterocycles. The molecule has 20 unspecified atom stereocenters. The van der Waals surface area contributed by atoms with Crippen molar-refractivity contribution in [3.8, 4) is 0 Å². The van der Waals surface area contributed by atoms with E-state index in [1.165, 1.54) is 64.0 Å². The average Bonchev–Trinajstić information content (AvgIpc) is 0.763. The molecule has 0 bridgehead atoms. The predicted molar refractivity (Wildman–Crippen MR) is 422 cm³/mol. The first kappa shape index (κ1) is 104. The van der Waals surface area contributed by atoms with Gasteiger partial charge in [0.2, 0.25) is 0 Å². The monoisotopic (exact) mass is 1760 g/mol. The second-order valence-electron chi connectivity index (χ2n) is 31.9. The molecule has 0 spiro atoms. The number of aliphatic hydroxyl groups is 14. The zero-order chi connectivity index (χ0) is 86.9. The van der Waals surface area contributed by atoms with E-state index in [1.807, 2.05) is 6.92 Å². The highest BCUT2D eigenvalue weighted by Gasteiger charge is 2.61. The van der Waals surface area contributed by atoms with Crippen LogP contribution < -0.4 is 10.6 Å². The minimum absolute atomic E-state index is 0.00978. The Labute approximate surface area is 707 Å². The molecular weight excluding hydrogens is 1620 g/mol. The molecule has 42 atom stereocenters. The smallest absolute Gasteiger partial charge is 0.185 e. The Morgan fingerprint density at radius 2 is 0.639 bits per heavy atom. The van der Waals surface area contributed by atoms with Crippen molar-refractivity contribution in [3.05, 3.63) is 0 Å². The van der Waals surface area contributed by atoms with Gasteiger partial charge in [-0.1, -0.05) is 0 Å². The van der Waals surface area contributed by atoms with Gasteiger partial charge in [-0.25, -0.2) is 0 Å². The van der Waals surface area contributed by atoms with Crippen LogP contribution in [0.2, 0.25) is 0 Å². The zero-order valence-electron chi connectivity index (χ0n) is 71.3. The molecule has 41 heteroatoms. The fourth-order valence-electron chi connectivity index (χ4n) is 20.2. The first-order valence-corrected chi connectivity index (χ1v) is 43.6. The lowest BCUT2D eigenvalue weighted by Gasteiger charge is -2.54. The van der Waals surface area contributed by atoms with Crippen molar-refractivity contribution in [1.82, 2.24) is 10.6 Å². The standard InChI is InChI=1S/C78H144N2O37S2/c1-37-54(42(27-86)67(105-13)77(109-37)114-59-45(30-89)68(106-14)78(112-51(59)17-20-83)115-58-44(29-88)66(104-12)74(94)110-50(58)16-19-82)79-57-60(98-6)41(26-85)40(25-84)39(15-18-81)71(57)118-23-21-107-22-24-119-72-49(34-95-3)65(103-11)62(100-8)43(28-87)56(72)80-55-38(2)108-75(47(32-91)61(55)99-7)116-70-53(36-97-5)113-76(48(33-92)64(70)102-10)117-69-52(35-96-4)111-73(93)46(31-90)63(69)101-9/h37-94H,15-36H2,1-14H3/t37?,38?,39?,40-,41-,42-,43?,44-,45-,46?,47?,48?,49?,50?,51?,52?,53?,54-,55+,56+,57-,58+,59+,60?,61-,62-,63-,64-,65+,66?,67?,68?,69+,70+,71?,72?,73?,74?,75+,76+,77-,78-/m0/s1. The maximum Gasteiger partial charge on any atom is 0.185 e. The van der Waals surface area contributed by atoms with E-state index in [9.17, 15) is 71.5 Å². The summed E-state index contributed by atoms with van der Waals surface area (Å²) in [6.45, 7) is -0.755. The molecule has 8 rings (SSSR count). The van der Waals surface area contributed by atoms with E-state index < -0.39 is 289 Å². The number of hydrogen-bond acceptors (Lipinski definition) is 41. The highest BCUT2D eigenvalue weighted by atomic mass is 32.2. The van der Waals surface area contributed by atoms with Crippen molar-refractivity contribution in [2.24, 2.45) is 65.1 Å². The van der Waals surface area contributed by atoms with E-state index in [0.29, 0.717) is 11.5 Å². The molecule has 39 nitrogen and oxygen atoms in total. The van der Waals surface area contributed by atoms with E-state index in [0.717, 1.165) is 0 Å². The minimum Gasteiger partial charge on any atom is -0.396 e. The maximum atomic E-state index is 11.6. The summed E-state index contributed by atoms with van der Waals surface area (Å²) in [6, 6.07) is -2.57. The second kappa shape index (κ2) is 52.1. The molecule has 2 aliphatic carbocycles. The Morgan fingerprint density at radius 1 is 0.277 bits per heavy atom. The topological polar surface area (TPSA) is 520 Å². The van der Waals surface area contributed by atoms with Crippen LogP contribution in [0.1, 0.15) is 33.1 Å². The fraction of sp³-hybridized carbons (Fsp3) is 1.00. The number of nitrogens with one attached hydrogen (secondary N) is 2. The SMILES string of the molecule is COCC1OC(O)C(CO)[C@H](OC)[C@@H]1O[C@H]1OC(COC)[C@@H](O[C@H]2OC(C)[C@@H](N[C@H]3C(SCCOCCSC4C(CCO)[C@H](CO)[C@H](CO)C(OC)[C@@H]4N[C@H]4C(C)O[C@@H](O[C@H]5C(CCO)O[C@@H](O[C@H]6C(CCO)OC(O)C(OC)[C@H]6CO)C(OC)[C@H]5CO)C(OC)[C@H]4CO)C(COC)[C@@H](OC)[C@@H](OC)C3CO)[C@@H](OC)C2CO)[C@@H](OC)C1CO. The van der Waals surface area contributed by atoms with Crippen LogP contribution in [0, 0.1) is 65.1 Å². The van der Waals surface area contributed by atoms with Gasteiger partial charge in [0.25, 0.3) is 0 Å². The summed E-state index contributed by atoms with van der Waals surface area (Å²) in [5, 5.41) is 160. The summed E-state index contributed by atoms with van der Waals surface area (Å²) >= 11 is 3.15. The highest BCUT2D eigenvalue weighted by molar-refractivity contribution is 8.00. The van der Waals surface area contributed by atoms with Crippen molar-refractivity contribution in [2.75, 3.05) is 209 Å². The second-order valence-corrected chi connectivity index (χ2v) is 34.5. The van der Waals surface area contributed by atoms with Crippen LogP contribution in [0.4, 0.5) is 0 Å². The summed E-state index contributed by atoms with van der Waals surface area (Å²) in [5.74, 6) is -6.91. The molecule has 0 aromatic rings. The summed E-state index contributed by atoms with van der Waals surface area (Å²) in [7, 11) is 17.8. The van der Waals surface area contributed by atoms with Crippen LogP contribution in [-0.2, 0) is 109 Å². The Bertz CT molecular complexity index is 2570. The van der Waals surface area contributed by atoms with Crippen molar-refractivity contribution in [1.29, 1.82) is 0 Å². The largest absolute Gasteiger partial charge is 0.396 e. The third-order valence-corrected chi connectivity index (χ3v) is 28.7. The third kappa shape index (κ3) is 23.9. The van der Waals surface area contributed by atoms with Gasteiger partial charge in [-0.05, 0) is 44.9 Å². The van der Waals surface area contributed by atoms with Gasteiger partial charge in [-0.15, -0.1) is 0 Å². The maximum absolute atomic E-state index is 11.6. The Balaban J connectivity index is 0.973. The van der Waals surface area contributed by atoms with Gasteiger partial charge >= 0.3 is 0 Å². The lowest BCUT2D eigenvalue weighted by molar-refractivity contribution is -0.369. The molecule has 700 valence electrons. The zero-order valence-corrected chi connectivity index (χ0v) is 72.9. The van der Waals surface area contributed by atoms with E-state index >= 15 is 0 Å². The Morgan fingerprint density at radius 3 is 1.13 bits per heavy atom. The van der Waals surface area contributed by atoms with Gasteiger partial charge < -0.3 is 191 Å². The molecule has 0 radical (unpaired) electrons. The molecule has 6 heterocycles. The van der Waals surface area contributed by atoms with Crippen LogP contribution in [0.5, 0.6) is 0 Å². The molecular formula is C78H144N2O37S2. The lowest BCUT2D eigenvalue weighted by atomic mass is 9.67. The van der Waals surface area contributed by atoms with Crippen molar-refractivity contribution < 1.29 is 180 Å². The molecule has 8 aliphatic rings. The van der Waals surface area contributed by atoms with Crippen molar-refractivity contribution in [3.63, 3.8) is 0 Å². The number of aliphatic hydroxyl groups excluding tert-OH is 14. The van der Waals surface area contributed by atoms with Gasteiger partial charge in [0, 0.05) is 194 Å². The third-order valence-electron chi connectivity index (χ3n) is 25.9. The van der Waals surface area contributed by atoms with Crippen molar-refractivity contribution in [2.45, 2.75) is 221 Å². The van der Waals surface area contributed by atoms with Gasteiger partial charge in [-0.3, -0.25) is 0 Å². The number of ether oxygens (including phenoxy) is 23. The first-order chi connectivity index (χ1) is 57.7. The van der Waals surface area contributed by atoms with E-state index in [4.69, 9.17) is 109 Å². The molecule has 6 aliphatic heterocycles. The Kier molecular flexibility index (Phi) is 45.3. The molecule has 0 aromatic carbocycles. The van der Waals surface area contributed by atoms with Crippen molar-refractivity contribution >= 4 is 23.5 Å². The van der Waals surface area contributed by atoms with Crippen LogP contribution >= 0.6 is 23.5 Å². The van der Waals surface area contributed by atoms with Crippen LogP contribution in [-0.4, -0.2) is 469 Å². The normalized spacial score (nSPS) is 44.4. The van der Waals surface area contributed by atoms with E-state index in [-0.39, 0.29) is 96.5 Å². The van der Waals surface area contributed by atoms with E-state index in [2.05, 4.69) is 10.6 Å². The molecule has 0 amide bonds. The van der Waals surface area contributed by atoms with Gasteiger partial charge in [0.05, 0.1) is 176 Å². The molecule has 119 heavy (non-hydrogen) atoms. The minimum atomic E-state index is -1.45. The van der Waals surface area contributed by atoms with Gasteiger partial charge in [-0.2, -0.15) is 23.5 Å². The number of thioether (sulfide) groups is 2. The van der Waals surface area contributed by atoms with Gasteiger partial charge in [0.15, 0.2) is 37.7 Å². The first-order valence-electron chi connectivity index (χ1n) is 41.5. The molecule has 6 saturated heterocycles. The molecule has 8 fully saturated rings. The number of hydrogen-bond donors (Lipinski definition) is 16. The molecule has 2 saturated carbocycles. The summed E-state index contributed by atoms with van der Waals surface area (Å²) < 4.78 is 144. The van der Waals surface area contributed by atoms with Crippen LogP contribution in [0.25, 0.3) is 0 Å². The summed E-state index contributed by atoms with van der Waals surface area (Å²) in [6.07, 6.45) is -24.6. The predicted octanol–water partition coefficient (Wildman–Crippen LogP) is -5.27. The highest BCUT2D eigenvalue weighted by Crippen LogP contribution is 2.48. The fourth-order valence-corrected chi connectivity index (χ4v) is 23.1. The number of methoxy groups -OCH3 is 12. The molecule has 16 N–H and O–H groups in total. The van der Waals surface area contributed by atoms with Gasteiger partial charge in [0.1, 0.15) is 42.7 Å². The van der Waals surface area contributed by atoms with E-state index in [1.54, 1.807) is 51.8 Å². The quantitative estimate of drug-likeness (QED) is 0.0253. The summed E-state index contributed by atoms with van der Waals surface area (Å²) in [4.78, 5) is 0. The average molecular weight is 1770 g/mol. The summed E-state index contributed by atoms with van der Waals surface area (Å²) in [5.41, 5.74) is 0. The Hall–Kier alpha value is -0.860.